The fraction of sp³-hybridized carbons (Fsp3) is 0.667. The molecule has 22 heavy (non-hydrogen) atoms. The Morgan fingerprint density at radius 1 is 1.27 bits per heavy atom. The van der Waals surface area contributed by atoms with Gasteiger partial charge in [0.2, 0.25) is 5.95 Å². The van der Waals surface area contributed by atoms with Crippen LogP contribution in [0.25, 0.3) is 0 Å². The monoisotopic (exact) mass is 308 g/mol. The lowest BCUT2D eigenvalue weighted by atomic mass is 10.2. The number of amides is 1. The molecule has 0 aromatic carbocycles. The number of nitrogens with zero attached hydrogens (tertiary/aromatic N) is 4. The molecule has 7 heteroatoms. The zero-order valence-electron chi connectivity index (χ0n) is 13.7. The predicted octanol–water partition coefficient (Wildman–Crippen LogP) is 1.33. The van der Waals surface area contributed by atoms with Crippen LogP contribution < -0.4 is 4.90 Å². The molecule has 0 aliphatic carbocycles. The SMILES string of the molecule is Cc1cc(CO)nc(N2CCN(C(=O)OC(C)(C)C)CC2)n1. The number of aryl methyl sites for hydroxylation is 1. The van der Waals surface area contributed by atoms with Gasteiger partial charge in [0.1, 0.15) is 5.60 Å². The molecule has 0 bridgehead atoms. The molecule has 1 aromatic heterocycles. The summed E-state index contributed by atoms with van der Waals surface area (Å²) in [6.45, 7) is 9.78. The number of aliphatic hydroxyl groups excluding tert-OH is 1. The van der Waals surface area contributed by atoms with Crippen molar-refractivity contribution in [2.75, 3.05) is 31.1 Å². The van der Waals surface area contributed by atoms with Gasteiger partial charge in [0, 0.05) is 31.9 Å². The van der Waals surface area contributed by atoms with Crippen LogP contribution in [-0.2, 0) is 11.3 Å². The highest BCUT2D eigenvalue weighted by Gasteiger charge is 2.26. The maximum Gasteiger partial charge on any atom is 0.410 e. The number of carbonyl (C=O) groups excluding carboxylic acids is 1. The first kappa shape index (κ1) is 16.5. The van der Waals surface area contributed by atoms with Crippen LogP contribution in [0.15, 0.2) is 6.07 Å². The first-order valence-electron chi connectivity index (χ1n) is 7.47. The van der Waals surface area contributed by atoms with Gasteiger partial charge in [0.15, 0.2) is 0 Å². The average Bonchev–Trinajstić information content (AvgIpc) is 2.45. The highest BCUT2D eigenvalue weighted by Crippen LogP contribution is 2.15. The fourth-order valence-electron chi connectivity index (χ4n) is 2.25. The number of carbonyl (C=O) groups is 1. The first-order valence-corrected chi connectivity index (χ1v) is 7.47. The van der Waals surface area contributed by atoms with Gasteiger partial charge < -0.3 is 19.6 Å². The van der Waals surface area contributed by atoms with E-state index in [4.69, 9.17) is 4.74 Å². The molecule has 0 saturated carbocycles. The second-order valence-electron chi connectivity index (χ2n) is 6.41. The van der Waals surface area contributed by atoms with Crippen molar-refractivity contribution in [3.05, 3.63) is 17.5 Å². The van der Waals surface area contributed by atoms with Crippen molar-refractivity contribution in [2.45, 2.75) is 39.9 Å². The number of ether oxygens (including phenoxy) is 1. The molecule has 1 N–H and O–H groups in total. The van der Waals surface area contributed by atoms with Crippen LogP contribution in [0.3, 0.4) is 0 Å². The molecular formula is C15H24N4O3. The zero-order valence-corrected chi connectivity index (χ0v) is 13.7. The van der Waals surface area contributed by atoms with Crippen LogP contribution in [0.5, 0.6) is 0 Å². The Hall–Kier alpha value is -1.89. The Labute approximate surface area is 130 Å². The minimum absolute atomic E-state index is 0.103. The molecule has 1 fully saturated rings. The molecule has 0 atom stereocenters. The fourth-order valence-corrected chi connectivity index (χ4v) is 2.25. The Kier molecular flexibility index (Phi) is 4.85. The third-order valence-electron chi connectivity index (χ3n) is 3.27. The third kappa shape index (κ3) is 4.30. The van der Waals surface area contributed by atoms with E-state index in [1.54, 1.807) is 11.0 Å². The number of aromatic nitrogens is 2. The van der Waals surface area contributed by atoms with Gasteiger partial charge in [-0.05, 0) is 33.8 Å². The van der Waals surface area contributed by atoms with Crippen LogP contribution in [0, 0.1) is 6.92 Å². The molecule has 2 heterocycles. The lowest BCUT2D eigenvalue weighted by molar-refractivity contribution is 0.0240. The second kappa shape index (κ2) is 6.48. The quantitative estimate of drug-likeness (QED) is 0.888. The van der Waals surface area contributed by atoms with Gasteiger partial charge in [-0.15, -0.1) is 0 Å². The van der Waals surface area contributed by atoms with Gasteiger partial charge in [0.05, 0.1) is 12.3 Å². The van der Waals surface area contributed by atoms with Crippen LogP contribution in [0.4, 0.5) is 10.7 Å². The average molecular weight is 308 g/mol. The number of aliphatic hydroxyl groups is 1. The summed E-state index contributed by atoms with van der Waals surface area (Å²) in [5.74, 6) is 0.605. The van der Waals surface area contributed by atoms with Crippen LogP contribution in [0.2, 0.25) is 0 Å². The van der Waals surface area contributed by atoms with Crippen molar-refractivity contribution in [3.63, 3.8) is 0 Å². The van der Waals surface area contributed by atoms with E-state index in [0.29, 0.717) is 37.8 Å². The molecule has 2 rings (SSSR count). The Bertz CT molecular complexity index is 534. The lowest BCUT2D eigenvalue weighted by Gasteiger charge is -2.35. The molecule has 1 aromatic rings. The summed E-state index contributed by atoms with van der Waals surface area (Å²) in [6, 6.07) is 1.76. The molecule has 122 valence electrons. The maximum absolute atomic E-state index is 12.0. The summed E-state index contributed by atoms with van der Waals surface area (Å²) < 4.78 is 5.38. The van der Waals surface area contributed by atoms with Gasteiger partial charge in [0.25, 0.3) is 0 Å². The van der Waals surface area contributed by atoms with E-state index >= 15 is 0 Å². The predicted molar refractivity (Wildman–Crippen MR) is 82.7 cm³/mol. The van der Waals surface area contributed by atoms with Crippen molar-refractivity contribution in [2.24, 2.45) is 0 Å². The smallest absolute Gasteiger partial charge is 0.410 e. The van der Waals surface area contributed by atoms with Gasteiger partial charge in [-0.1, -0.05) is 0 Å². The Morgan fingerprint density at radius 2 is 1.91 bits per heavy atom. The van der Waals surface area contributed by atoms with Crippen molar-refractivity contribution in [1.29, 1.82) is 0 Å². The van der Waals surface area contributed by atoms with Gasteiger partial charge in [-0.25, -0.2) is 14.8 Å². The maximum atomic E-state index is 12.0. The molecule has 7 nitrogen and oxygen atoms in total. The molecule has 0 spiro atoms. The summed E-state index contributed by atoms with van der Waals surface area (Å²) in [6.07, 6.45) is -0.284. The standard InChI is InChI=1S/C15H24N4O3/c1-11-9-12(10-20)17-13(16-11)18-5-7-19(8-6-18)14(21)22-15(2,3)4/h9,20H,5-8,10H2,1-4H3. The van der Waals surface area contributed by atoms with E-state index in [-0.39, 0.29) is 12.7 Å². The molecule has 1 saturated heterocycles. The number of rotatable bonds is 2. The van der Waals surface area contributed by atoms with E-state index in [2.05, 4.69) is 9.97 Å². The van der Waals surface area contributed by atoms with Crippen molar-refractivity contribution < 1.29 is 14.6 Å². The lowest BCUT2D eigenvalue weighted by Crippen LogP contribution is -2.50. The van der Waals surface area contributed by atoms with Gasteiger partial charge in [-0.2, -0.15) is 0 Å². The highest BCUT2D eigenvalue weighted by atomic mass is 16.6. The summed E-state index contributed by atoms with van der Waals surface area (Å²) in [4.78, 5) is 24.5. The van der Waals surface area contributed by atoms with Crippen LogP contribution >= 0.6 is 0 Å². The number of piperazine rings is 1. The largest absolute Gasteiger partial charge is 0.444 e. The Morgan fingerprint density at radius 3 is 2.45 bits per heavy atom. The summed E-state index contributed by atoms with van der Waals surface area (Å²) in [5, 5.41) is 9.23. The molecule has 1 amide bonds. The van der Waals surface area contributed by atoms with Gasteiger partial charge in [-0.3, -0.25) is 0 Å². The van der Waals surface area contributed by atoms with Crippen molar-refractivity contribution in [3.8, 4) is 0 Å². The van der Waals surface area contributed by atoms with Crippen molar-refractivity contribution in [1.82, 2.24) is 14.9 Å². The van der Waals surface area contributed by atoms with Crippen LogP contribution in [-0.4, -0.2) is 57.8 Å². The van der Waals surface area contributed by atoms with E-state index in [1.165, 1.54) is 0 Å². The Balaban J connectivity index is 1.97. The molecule has 1 aliphatic heterocycles. The summed E-state index contributed by atoms with van der Waals surface area (Å²) >= 11 is 0. The first-order chi connectivity index (χ1) is 10.3. The molecular weight excluding hydrogens is 284 g/mol. The van der Waals surface area contributed by atoms with E-state index in [0.717, 1.165) is 5.69 Å². The number of hydrogen-bond donors (Lipinski definition) is 1. The highest BCUT2D eigenvalue weighted by molar-refractivity contribution is 5.68. The normalized spacial score (nSPS) is 15.9. The second-order valence-corrected chi connectivity index (χ2v) is 6.41. The summed E-state index contributed by atoms with van der Waals surface area (Å²) in [7, 11) is 0. The minimum atomic E-state index is -0.482. The van der Waals surface area contributed by atoms with E-state index < -0.39 is 5.60 Å². The third-order valence-corrected chi connectivity index (χ3v) is 3.27. The minimum Gasteiger partial charge on any atom is -0.444 e. The van der Waals surface area contributed by atoms with E-state index in [9.17, 15) is 9.90 Å². The van der Waals surface area contributed by atoms with Gasteiger partial charge >= 0.3 is 6.09 Å². The molecule has 0 unspecified atom stereocenters. The number of hydrogen-bond acceptors (Lipinski definition) is 6. The van der Waals surface area contributed by atoms with Crippen LogP contribution in [0.1, 0.15) is 32.2 Å². The molecule has 0 radical (unpaired) electrons. The topological polar surface area (TPSA) is 78.8 Å². The number of anilines is 1. The van der Waals surface area contributed by atoms with Crippen molar-refractivity contribution >= 4 is 12.0 Å². The molecule has 1 aliphatic rings. The van der Waals surface area contributed by atoms with E-state index in [1.807, 2.05) is 32.6 Å². The summed E-state index contributed by atoms with van der Waals surface area (Å²) in [5.41, 5.74) is 0.949. The zero-order chi connectivity index (χ0) is 16.3.